The van der Waals surface area contributed by atoms with Gasteiger partial charge in [-0.1, -0.05) is 0 Å². The Morgan fingerprint density at radius 2 is 0.480 bits per heavy atom. The third-order valence-corrected chi connectivity index (χ3v) is 7.68. The van der Waals surface area contributed by atoms with E-state index >= 15 is 0 Å². The van der Waals surface area contributed by atoms with Gasteiger partial charge in [0.2, 0.25) is 0 Å². The monoisotopic (exact) mass is 812 g/mol. The predicted molar refractivity (Wildman–Crippen MR) is 196 cm³/mol. The second kappa shape index (κ2) is 35.5. The van der Waals surface area contributed by atoms with E-state index < -0.39 is 0 Å². The summed E-state index contributed by atoms with van der Waals surface area (Å²) in [5.41, 5.74) is 5.99. The summed E-state index contributed by atoms with van der Waals surface area (Å²) in [6, 6.07) is 0. The van der Waals surface area contributed by atoms with Gasteiger partial charge in [-0.15, -0.1) is 0 Å². The average molecular weight is 815 g/mol. The minimum absolute atomic E-state index is 0. The summed E-state index contributed by atoms with van der Waals surface area (Å²) in [6.07, 6.45) is 4.22. The lowest BCUT2D eigenvalue weighted by Gasteiger charge is -2.24. The second-order valence-corrected chi connectivity index (χ2v) is 15.1. The zero-order valence-electron chi connectivity index (χ0n) is 33.1. The molecule has 2 aliphatic heterocycles. The van der Waals surface area contributed by atoms with E-state index in [9.17, 15) is 0 Å². The third-order valence-electron chi connectivity index (χ3n) is 7.68. The van der Waals surface area contributed by atoms with Crippen molar-refractivity contribution in [3.8, 4) is 0 Å². The number of nitrogens with zero attached hydrogens (tertiary/aromatic N) is 4. The molecule has 0 aromatic rings. The molecule has 0 fully saturated rings. The molecule has 0 amide bonds. The van der Waals surface area contributed by atoms with E-state index in [0.717, 1.165) is 78.0 Å². The summed E-state index contributed by atoms with van der Waals surface area (Å²) in [5.74, 6) is 0. The standard InChI is InChI=1S/2C16H32N4.4ClH.6H2O/c2*1-13-11-15(3,4)19-10-8-18-14(2)12-16(5,6)20-9-7-17-13;;;;;;;;;;/h2*19-20H,7-12H2,1-6H3;4*1H;6*1H2. The molecule has 0 unspecified atom stereocenters. The number of hydrogen-bond acceptors (Lipinski definition) is 4. The highest BCUT2D eigenvalue weighted by atomic mass is 35.5. The van der Waals surface area contributed by atoms with E-state index in [1.54, 1.807) is 0 Å². The van der Waals surface area contributed by atoms with Gasteiger partial charge in [-0.25, -0.2) is 0 Å². The van der Waals surface area contributed by atoms with Gasteiger partial charge in [-0.2, -0.15) is 0 Å². The lowest BCUT2D eigenvalue weighted by molar-refractivity contribution is -0.718. The molecule has 0 spiro atoms. The molecule has 0 aromatic heterocycles. The zero-order valence-corrected chi connectivity index (χ0v) is 36.1. The molecule has 312 valence electrons. The molecular formula is C32H80Cl4N8O6. The topological polar surface area (TPSA) is 305 Å². The van der Waals surface area contributed by atoms with Crippen LogP contribution in [-0.2, 0) is 0 Å². The van der Waals surface area contributed by atoms with Crippen LogP contribution in [0.5, 0.6) is 0 Å². The van der Waals surface area contributed by atoms with Crippen LogP contribution in [0.1, 0.15) is 109 Å². The number of aliphatic imine (C=N–C) groups is 4. The first kappa shape index (κ1) is 74.6. The van der Waals surface area contributed by atoms with Crippen LogP contribution in [0.4, 0.5) is 0 Å². The summed E-state index contributed by atoms with van der Waals surface area (Å²) in [4.78, 5) is 18.9. The molecule has 0 aromatic carbocycles. The van der Waals surface area contributed by atoms with Crippen molar-refractivity contribution in [3.05, 3.63) is 0 Å². The summed E-state index contributed by atoms with van der Waals surface area (Å²) >= 11 is 0. The SMILES string of the molecule is CC1=NCC[NH2+]C(C)(C)CC(C)=NCC[NH2+]C(C)(C)C1.CC1=NCC[NH2+]C(C)(C)CC(C)=NCC[NH2+]C(C)(C)C1.O.O.O.O.O.O.[Cl-].[Cl-].[Cl-].[Cl-]. The van der Waals surface area contributed by atoms with Gasteiger partial charge in [0.25, 0.3) is 0 Å². The van der Waals surface area contributed by atoms with Crippen LogP contribution in [0.3, 0.4) is 0 Å². The Morgan fingerprint density at radius 1 is 0.340 bits per heavy atom. The van der Waals surface area contributed by atoms with Crippen molar-refractivity contribution in [3.63, 3.8) is 0 Å². The minimum Gasteiger partial charge on any atom is -1.00 e. The van der Waals surface area contributed by atoms with Gasteiger partial charge in [-0.3, -0.25) is 20.0 Å². The first-order valence-electron chi connectivity index (χ1n) is 15.8. The van der Waals surface area contributed by atoms with Gasteiger partial charge in [-0.05, 0) is 83.1 Å². The second-order valence-electron chi connectivity index (χ2n) is 15.1. The van der Waals surface area contributed by atoms with Crippen LogP contribution in [-0.4, -0.2) is 130 Å². The molecule has 2 heterocycles. The van der Waals surface area contributed by atoms with E-state index in [0.29, 0.717) is 0 Å². The Bertz CT molecular complexity index is 779. The van der Waals surface area contributed by atoms with Crippen LogP contribution in [0.25, 0.3) is 0 Å². The van der Waals surface area contributed by atoms with Crippen molar-refractivity contribution in [2.75, 3.05) is 52.4 Å². The number of quaternary nitrogens is 4. The highest BCUT2D eigenvalue weighted by Gasteiger charge is 2.25. The van der Waals surface area contributed by atoms with Crippen LogP contribution in [0.2, 0.25) is 0 Å². The van der Waals surface area contributed by atoms with Crippen molar-refractivity contribution in [1.29, 1.82) is 0 Å². The molecular weight excluding hydrogens is 734 g/mol. The van der Waals surface area contributed by atoms with E-state index in [1.807, 2.05) is 0 Å². The third kappa shape index (κ3) is 38.7. The number of hydrogen-bond donors (Lipinski definition) is 4. The largest absolute Gasteiger partial charge is 1.00 e. The number of halogens is 4. The maximum atomic E-state index is 4.73. The van der Waals surface area contributed by atoms with Gasteiger partial charge in [0.15, 0.2) is 0 Å². The molecule has 0 saturated carbocycles. The molecule has 0 bridgehead atoms. The molecule has 0 atom stereocenters. The maximum Gasteiger partial charge on any atom is 0.0958 e. The summed E-state index contributed by atoms with van der Waals surface area (Å²) in [7, 11) is 0. The van der Waals surface area contributed by atoms with E-state index in [1.165, 1.54) is 22.8 Å². The van der Waals surface area contributed by atoms with Crippen molar-refractivity contribution >= 4 is 22.8 Å². The average Bonchev–Trinajstić information content (AvgIpc) is 2.78. The first-order valence-corrected chi connectivity index (χ1v) is 15.8. The van der Waals surface area contributed by atoms with Gasteiger partial charge < -0.3 is 104 Å². The van der Waals surface area contributed by atoms with Crippen LogP contribution >= 0.6 is 0 Å². The highest BCUT2D eigenvalue weighted by Crippen LogP contribution is 2.07. The molecule has 0 radical (unpaired) electrons. The summed E-state index contributed by atoms with van der Waals surface area (Å²) in [5, 5.41) is 9.63. The van der Waals surface area contributed by atoms with E-state index in [2.05, 4.69) is 104 Å². The van der Waals surface area contributed by atoms with Crippen molar-refractivity contribution in [1.82, 2.24) is 0 Å². The van der Waals surface area contributed by atoms with Crippen LogP contribution < -0.4 is 70.9 Å². The molecule has 0 aliphatic carbocycles. The van der Waals surface area contributed by atoms with Crippen molar-refractivity contribution < 1.29 is 104 Å². The Labute approximate surface area is 328 Å². The normalized spacial score (nSPS) is 20.2. The lowest BCUT2D eigenvalue weighted by atomic mass is 9.97. The number of rotatable bonds is 0. The van der Waals surface area contributed by atoms with Gasteiger partial charge >= 0.3 is 0 Å². The van der Waals surface area contributed by atoms with Crippen LogP contribution in [0, 0.1) is 0 Å². The fraction of sp³-hybridized carbons (Fsp3) is 0.875. The summed E-state index contributed by atoms with van der Waals surface area (Å²) in [6.45, 7) is 34.9. The van der Waals surface area contributed by atoms with Gasteiger partial charge in [0.05, 0.1) is 74.5 Å². The van der Waals surface area contributed by atoms with Gasteiger partial charge in [0.1, 0.15) is 0 Å². The summed E-state index contributed by atoms with van der Waals surface area (Å²) < 4.78 is 0. The van der Waals surface area contributed by atoms with Crippen LogP contribution in [0.15, 0.2) is 20.0 Å². The van der Waals surface area contributed by atoms with Crippen molar-refractivity contribution in [2.24, 2.45) is 20.0 Å². The Morgan fingerprint density at radius 3 is 0.620 bits per heavy atom. The molecule has 50 heavy (non-hydrogen) atoms. The molecule has 14 nitrogen and oxygen atoms in total. The Kier molecular flexibility index (Phi) is 52.9. The highest BCUT2D eigenvalue weighted by molar-refractivity contribution is 5.84. The Balaban J connectivity index is -0.0000000667. The molecule has 2 aliphatic rings. The van der Waals surface area contributed by atoms with E-state index in [-0.39, 0.29) is 105 Å². The van der Waals surface area contributed by atoms with E-state index in [4.69, 9.17) is 20.0 Å². The zero-order chi connectivity index (χ0) is 30.5. The number of nitrogens with two attached hydrogens (primary N) is 4. The molecule has 0 saturated heterocycles. The molecule has 20 N–H and O–H groups in total. The molecule has 2 rings (SSSR count). The minimum atomic E-state index is 0. The smallest absolute Gasteiger partial charge is 0.0958 e. The fourth-order valence-corrected chi connectivity index (χ4v) is 5.99. The Hall–Kier alpha value is -0.560. The quantitative estimate of drug-likeness (QED) is 0.177. The maximum absolute atomic E-state index is 4.73. The predicted octanol–water partition coefficient (Wildman–Crippen LogP) is -16.2. The molecule has 18 heteroatoms. The van der Waals surface area contributed by atoms with Gasteiger partial charge in [0, 0.05) is 48.5 Å². The first-order chi connectivity index (χ1) is 18.4. The fourth-order valence-electron chi connectivity index (χ4n) is 5.99. The van der Waals surface area contributed by atoms with Crippen molar-refractivity contribution in [2.45, 2.75) is 131 Å². The lowest BCUT2D eigenvalue weighted by Crippen LogP contribution is -3.00.